The molecule has 0 aliphatic carbocycles. The lowest BCUT2D eigenvalue weighted by Crippen LogP contribution is -2.53. The molecular weight excluding hydrogens is 328 g/mol. The van der Waals surface area contributed by atoms with Crippen LogP contribution in [0.1, 0.15) is 44.5 Å². The maximum Gasteiger partial charge on any atom is 0.407 e. The number of nitrogens with zero attached hydrogens (tertiary/aromatic N) is 1. The van der Waals surface area contributed by atoms with Crippen LogP contribution in [0.4, 0.5) is 10.5 Å². The number of para-hydroxylation sites is 1. The molecule has 1 heterocycles. The number of amides is 1. The molecule has 1 N–H and O–H groups in total. The molecule has 2 rings (SSSR count). The third-order valence-electron chi connectivity index (χ3n) is 4.12. The summed E-state index contributed by atoms with van der Waals surface area (Å²) in [5, 5.41) is 3.49. The van der Waals surface area contributed by atoms with Crippen molar-refractivity contribution < 1.29 is 14.3 Å². The predicted molar refractivity (Wildman–Crippen MR) is 96.0 cm³/mol. The summed E-state index contributed by atoms with van der Waals surface area (Å²) in [5.41, 5.74) is 0.764. The van der Waals surface area contributed by atoms with Crippen molar-refractivity contribution in [3.05, 3.63) is 28.8 Å². The van der Waals surface area contributed by atoms with E-state index in [9.17, 15) is 9.59 Å². The van der Waals surface area contributed by atoms with E-state index in [4.69, 9.17) is 16.3 Å². The van der Waals surface area contributed by atoms with Crippen molar-refractivity contribution in [1.82, 2.24) is 5.32 Å². The monoisotopic (exact) mass is 352 g/mol. The fourth-order valence-electron chi connectivity index (χ4n) is 2.88. The number of halogens is 1. The molecule has 5 nitrogen and oxygen atoms in total. The molecule has 0 saturated carbocycles. The molecule has 1 aromatic carbocycles. The summed E-state index contributed by atoms with van der Waals surface area (Å²) in [7, 11) is 0. The fourth-order valence-corrected chi connectivity index (χ4v) is 3.18. The molecule has 1 amide bonds. The first-order valence-electron chi connectivity index (χ1n) is 8.19. The average Bonchev–Trinajstić information content (AvgIpc) is 2.47. The van der Waals surface area contributed by atoms with E-state index in [0.29, 0.717) is 23.0 Å². The molecule has 1 aliphatic heterocycles. The maximum absolute atomic E-state index is 12.1. The van der Waals surface area contributed by atoms with E-state index < -0.39 is 11.7 Å². The normalized spacial score (nSPS) is 21.3. The largest absolute Gasteiger partial charge is 0.444 e. The highest BCUT2D eigenvalue weighted by atomic mass is 35.5. The Morgan fingerprint density at radius 1 is 1.42 bits per heavy atom. The first-order valence-corrected chi connectivity index (χ1v) is 8.57. The van der Waals surface area contributed by atoms with Crippen LogP contribution < -0.4 is 10.2 Å². The minimum Gasteiger partial charge on any atom is -0.444 e. The Balaban J connectivity index is 2.14. The van der Waals surface area contributed by atoms with E-state index in [1.807, 2.05) is 20.8 Å². The van der Waals surface area contributed by atoms with E-state index in [-0.39, 0.29) is 6.04 Å². The summed E-state index contributed by atoms with van der Waals surface area (Å²) in [6, 6.07) is 5.23. The van der Waals surface area contributed by atoms with Gasteiger partial charge in [-0.15, -0.1) is 0 Å². The molecule has 6 heteroatoms. The highest BCUT2D eigenvalue weighted by molar-refractivity contribution is 6.33. The van der Waals surface area contributed by atoms with Gasteiger partial charge in [0.05, 0.1) is 16.8 Å². The first kappa shape index (κ1) is 18.6. The van der Waals surface area contributed by atoms with E-state index in [1.54, 1.807) is 18.2 Å². The molecular formula is C18H25ClN2O3. The number of hydrogen-bond acceptors (Lipinski definition) is 4. The van der Waals surface area contributed by atoms with Crippen molar-refractivity contribution in [2.75, 3.05) is 18.0 Å². The van der Waals surface area contributed by atoms with E-state index >= 15 is 0 Å². The summed E-state index contributed by atoms with van der Waals surface area (Å²) in [6.07, 6.45) is 1.29. The SMILES string of the molecule is CC1CCN(c2c(Cl)cccc2C=O)CC1NC(=O)OC(C)(C)C. The van der Waals surface area contributed by atoms with Gasteiger partial charge in [-0.2, -0.15) is 0 Å². The molecule has 1 saturated heterocycles. The number of rotatable bonds is 3. The Bertz CT molecular complexity index is 613. The van der Waals surface area contributed by atoms with Crippen LogP contribution in [-0.4, -0.2) is 37.1 Å². The molecule has 1 fully saturated rings. The van der Waals surface area contributed by atoms with E-state index in [2.05, 4.69) is 17.1 Å². The first-order chi connectivity index (χ1) is 11.2. The van der Waals surface area contributed by atoms with Gasteiger partial charge in [-0.1, -0.05) is 24.6 Å². The molecule has 0 radical (unpaired) electrons. The zero-order chi connectivity index (χ0) is 17.9. The number of aldehydes is 1. The van der Waals surface area contributed by atoms with Crippen molar-refractivity contribution in [1.29, 1.82) is 0 Å². The van der Waals surface area contributed by atoms with Crippen LogP contribution in [-0.2, 0) is 4.74 Å². The highest BCUT2D eigenvalue weighted by Gasteiger charge is 2.30. The van der Waals surface area contributed by atoms with Gasteiger partial charge in [-0.05, 0) is 45.2 Å². The number of carbonyl (C=O) groups excluding carboxylic acids is 2. The summed E-state index contributed by atoms with van der Waals surface area (Å²) in [6.45, 7) is 8.99. The standard InChI is InChI=1S/C18H25ClN2O3/c1-12-8-9-21(16-13(11-22)6-5-7-14(16)19)10-15(12)20-17(23)24-18(2,3)4/h5-7,11-12,15H,8-10H2,1-4H3,(H,20,23). The number of piperidine rings is 1. The molecule has 132 valence electrons. The minimum absolute atomic E-state index is 0.0654. The Kier molecular flexibility index (Phi) is 5.75. The predicted octanol–water partition coefficient (Wildman–Crippen LogP) is 3.89. The van der Waals surface area contributed by atoms with Crippen LogP contribution in [0.2, 0.25) is 5.02 Å². The minimum atomic E-state index is -0.533. The van der Waals surface area contributed by atoms with Gasteiger partial charge in [-0.25, -0.2) is 4.79 Å². The van der Waals surface area contributed by atoms with Gasteiger partial charge < -0.3 is 15.0 Å². The number of ether oxygens (including phenoxy) is 1. The van der Waals surface area contributed by atoms with Gasteiger partial charge in [0.1, 0.15) is 5.60 Å². The van der Waals surface area contributed by atoms with Gasteiger partial charge in [0.15, 0.2) is 6.29 Å². The molecule has 24 heavy (non-hydrogen) atoms. The van der Waals surface area contributed by atoms with Gasteiger partial charge in [0.25, 0.3) is 0 Å². The maximum atomic E-state index is 12.1. The fraction of sp³-hybridized carbons (Fsp3) is 0.556. The van der Waals surface area contributed by atoms with Crippen LogP contribution in [0.25, 0.3) is 0 Å². The Morgan fingerprint density at radius 2 is 2.12 bits per heavy atom. The second-order valence-corrected chi connectivity index (χ2v) is 7.67. The lowest BCUT2D eigenvalue weighted by molar-refractivity contribution is 0.0483. The summed E-state index contributed by atoms with van der Waals surface area (Å²) in [5.74, 6) is 0.316. The molecule has 0 spiro atoms. The summed E-state index contributed by atoms with van der Waals surface area (Å²) >= 11 is 6.31. The Labute approximate surface area is 148 Å². The Morgan fingerprint density at radius 3 is 2.75 bits per heavy atom. The second kappa shape index (κ2) is 7.43. The van der Waals surface area contributed by atoms with Gasteiger partial charge in [-0.3, -0.25) is 4.79 Å². The zero-order valence-corrected chi connectivity index (χ0v) is 15.4. The number of alkyl carbamates (subject to hydrolysis) is 1. The molecule has 0 aromatic heterocycles. The number of carbonyl (C=O) groups is 2. The molecule has 2 unspecified atom stereocenters. The number of hydrogen-bond donors (Lipinski definition) is 1. The third-order valence-corrected chi connectivity index (χ3v) is 4.43. The van der Waals surface area contributed by atoms with Crippen LogP contribution in [0, 0.1) is 5.92 Å². The van der Waals surface area contributed by atoms with Crippen LogP contribution >= 0.6 is 11.6 Å². The van der Waals surface area contributed by atoms with Crippen molar-refractivity contribution >= 4 is 29.7 Å². The van der Waals surface area contributed by atoms with Crippen molar-refractivity contribution in [2.24, 2.45) is 5.92 Å². The molecule has 1 aliphatic rings. The van der Waals surface area contributed by atoms with Crippen molar-refractivity contribution in [2.45, 2.75) is 45.8 Å². The topological polar surface area (TPSA) is 58.6 Å². The van der Waals surface area contributed by atoms with Crippen molar-refractivity contribution in [3.8, 4) is 0 Å². The number of benzene rings is 1. The third kappa shape index (κ3) is 4.63. The second-order valence-electron chi connectivity index (χ2n) is 7.26. The smallest absolute Gasteiger partial charge is 0.407 e. The summed E-state index contributed by atoms with van der Waals surface area (Å²) < 4.78 is 5.35. The number of anilines is 1. The Hall–Kier alpha value is -1.75. The quantitative estimate of drug-likeness (QED) is 0.838. The summed E-state index contributed by atoms with van der Waals surface area (Å²) in [4.78, 5) is 25.5. The van der Waals surface area contributed by atoms with Crippen LogP contribution in [0.3, 0.4) is 0 Å². The average molecular weight is 353 g/mol. The molecule has 0 bridgehead atoms. The van der Waals surface area contributed by atoms with E-state index in [1.165, 1.54) is 0 Å². The van der Waals surface area contributed by atoms with Gasteiger partial charge in [0, 0.05) is 18.7 Å². The van der Waals surface area contributed by atoms with Gasteiger partial charge in [0.2, 0.25) is 0 Å². The van der Waals surface area contributed by atoms with E-state index in [0.717, 1.165) is 24.9 Å². The highest BCUT2D eigenvalue weighted by Crippen LogP contribution is 2.32. The van der Waals surface area contributed by atoms with Crippen molar-refractivity contribution in [3.63, 3.8) is 0 Å². The van der Waals surface area contributed by atoms with Crippen LogP contribution in [0.15, 0.2) is 18.2 Å². The van der Waals surface area contributed by atoms with Crippen LogP contribution in [0.5, 0.6) is 0 Å². The lowest BCUT2D eigenvalue weighted by Gasteiger charge is -2.39. The zero-order valence-electron chi connectivity index (χ0n) is 14.6. The number of nitrogens with one attached hydrogen (secondary N) is 1. The van der Waals surface area contributed by atoms with Gasteiger partial charge >= 0.3 is 6.09 Å². The molecule has 2 atom stereocenters. The lowest BCUT2D eigenvalue weighted by atomic mass is 9.92. The molecule has 1 aromatic rings.